The summed E-state index contributed by atoms with van der Waals surface area (Å²) in [6.45, 7) is 1.48. The van der Waals surface area contributed by atoms with Gasteiger partial charge >= 0.3 is 0 Å². The summed E-state index contributed by atoms with van der Waals surface area (Å²) >= 11 is 0. The molecule has 3 aromatic rings. The molecule has 0 spiro atoms. The van der Waals surface area contributed by atoms with Crippen LogP contribution in [0.25, 0.3) is 11.5 Å². The van der Waals surface area contributed by atoms with Crippen LogP contribution < -0.4 is 0 Å². The van der Waals surface area contributed by atoms with Crippen molar-refractivity contribution in [3.05, 3.63) is 60.6 Å². The zero-order chi connectivity index (χ0) is 17.9. The Balaban J connectivity index is 1.43. The molecule has 0 saturated carbocycles. The van der Waals surface area contributed by atoms with E-state index in [1.807, 2.05) is 34.8 Å². The zero-order valence-corrected chi connectivity index (χ0v) is 14.6. The van der Waals surface area contributed by atoms with Crippen LogP contribution in [0, 0.1) is 5.92 Å². The predicted molar refractivity (Wildman–Crippen MR) is 96.2 cm³/mol. The van der Waals surface area contributed by atoms with Gasteiger partial charge in [0.05, 0.1) is 11.9 Å². The fourth-order valence-electron chi connectivity index (χ4n) is 3.36. The van der Waals surface area contributed by atoms with Gasteiger partial charge in [-0.05, 0) is 30.9 Å². The highest BCUT2D eigenvalue weighted by molar-refractivity contribution is 5.92. The molecule has 0 N–H and O–H groups in total. The fourth-order valence-corrected chi connectivity index (χ4v) is 3.36. The number of hydrogen-bond donors (Lipinski definition) is 0. The average molecular weight is 348 g/mol. The molecule has 0 bridgehead atoms. The number of likely N-dealkylation sites (tertiary alicyclic amines) is 1. The summed E-state index contributed by atoms with van der Waals surface area (Å²) in [5.74, 6) is 1.19. The second kappa shape index (κ2) is 7.03. The molecule has 4 rings (SSSR count). The summed E-state index contributed by atoms with van der Waals surface area (Å²) in [6, 6.07) is 5.42. The number of rotatable bonds is 4. The number of hydrogen-bond acceptors (Lipinski definition) is 5. The van der Waals surface area contributed by atoms with E-state index >= 15 is 0 Å². The Hall–Kier alpha value is -3.09. The molecule has 0 radical (unpaired) electrons. The van der Waals surface area contributed by atoms with Crippen LogP contribution in [0.15, 0.2) is 49.2 Å². The summed E-state index contributed by atoms with van der Waals surface area (Å²) in [5.41, 5.74) is 2.21. The van der Waals surface area contributed by atoms with Gasteiger partial charge in [0, 0.05) is 44.9 Å². The van der Waals surface area contributed by atoms with Crippen molar-refractivity contribution >= 4 is 5.91 Å². The third-order valence-corrected chi connectivity index (χ3v) is 4.69. The van der Waals surface area contributed by atoms with Crippen molar-refractivity contribution in [3.63, 3.8) is 0 Å². The highest BCUT2D eigenvalue weighted by Gasteiger charge is 2.28. The second-order valence-electron chi connectivity index (χ2n) is 6.58. The van der Waals surface area contributed by atoms with E-state index in [1.54, 1.807) is 30.9 Å². The minimum absolute atomic E-state index is 0.000875. The van der Waals surface area contributed by atoms with Gasteiger partial charge in [0.1, 0.15) is 11.4 Å². The zero-order valence-electron chi connectivity index (χ0n) is 14.6. The van der Waals surface area contributed by atoms with Crippen LogP contribution in [0.4, 0.5) is 0 Å². The second-order valence-corrected chi connectivity index (χ2v) is 6.58. The molecule has 3 aromatic heterocycles. The van der Waals surface area contributed by atoms with Crippen molar-refractivity contribution in [3.8, 4) is 11.5 Å². The Morgan fingerprint density at radius 2 is 2.15 bits per heavy atom. The SMILES string of the molecule is Cn1ccnc1-c1cncc(C[C@H]2CCN(C(=O)c3ccccn3)C2)n1. The van der Waals surface area contributed by atoms with Gasteiger partial charge in [-0.15, -0.1) is 0 Å². The number of amides is 1. The minimum Gasteiger partial charge on any atom is -0.337 e. The summed E-state index contributed by atoms with van der Waals surface area (Å²) in [6.07, 6.45) is 10.6. The topological polar surface area (TPSA) is 76.8 Å². The molecule has 7 nitrogen and oxygen atoms in total. The van der Waals surface area contributed by atoms with E-state index in [4.69, 9.17) is 4.98 Å². The van der Waals surface area contributed by atoms with Crippen LogP contribution in [-0.4, -0.2) is 48.4 Å². The van der Waals surface area contributed by atoms with Gasteiger partial charge < -0.3 is 9.47 Å². The molecule has 26 heavy (non-hydrogen) atoms. The monoisotopic (exact) mass is 348 g/mol. The molecule has 1 atom stereocenters. The maximum absolute atomic E-state index is 12.5. The van der Waals surface area contributed by atoms with Crippen LogP contribution in [0.1, 0.15) is 22.6 Å². The molecular formula is C19H20N6O. The Morgan fingerprint density at radius 3 is 2.92 bits per heavy atom. The molecule has 1 aliphatic heterocycles. The lowest BCUT2D eigenvalue weighted by atomic mass is 10.0. The number of pyridine rings is 1. The third kappa shape index (κ3) is 3.33. The number of nitrogens with zero attached hydrogens (tertiary/aromatic N) is 6. The largest absolute Gasteiger partial charge is 0.337 e. The van der Waals surface area contributed by atoms with E-state index in [-0.39, 0.29) is 5.91 Å². The van der Waals surface area contributed by atoms with E-state index in [0.717, 1.165) is 43.1 Å². The number of aromatic nitrogens is 5. The van der Waals surface area contributed by atoms with Gasteiger partial charge in [-0.2, -0.15) is 0 Å². The van der Waals surface area contributed by atoms with Crippen molar-refractivity contribution < 1.29 is 4.79 Å². The average Bonchev–Trinajstić information content (AvgIpc) is 3.31. The predicted octanol–water partition coefficient (Wildman–Crippen LogP) is 1.98. The Morgan fingerprint density at radius 1 is 1.23 bits per heavy atom. The first-order valence-corrected chi connectivity index (χ1v) is 8.69. The Labute approximate surface area is 151 Å². The van der Waals surface area contributed by atoms with Crippen LogP contribution in [0.5, 0.6) is 0 Å². The highest BCUT2D eigenvalue weighted by atomic mass is 16.2. The van der Waals surface area contributed by atoms with Gasteiger partial charge in [-0.1, -0.05) is 6.07 Å². The van der Waals surface area contributed by atoms with Gasteiger partial charge in [-0.25, -0.2) is 9.97 Å². The lowest BCUT2D eigenvalue weighted by Crippen LogP contribution is -2.29. The molecule has 1 fully saturated rings. The van der Waals surface area contributed by atoms with Gasteiger partial charge in [0.15, 0.2) is 5.82 Å². The van der Waals surface area contributed by atoms with Crippen molar-refractivity contribution in [1.29, 1.82) is 0 Å². The van der Waals surface area contributed by atoms with Crippen molar-refractivity contribution in [2.75, 3.05) is 13.1 Å². The maximum Gasteiger partial charge on any atom is 0.272 e. The van der Waals surface area contributed by atoms with Crippen LogP contribution in [0.3, 0.4) is 0 Å². The highest BCUT2D eigenvalue weighted by Crippen LogP contribution is 2.22. The molecule has 7 heteroatoms. The van der Waals surface area contributed by atoms with Crippen molar-refractivity contribution in [2.24, 2.45) is 13.0 Å². The fraction of sp³-hybridized carbons (Fsp3) is 0.316. The standard InChI is InChI=1S/C19H20N6O/c1-24-9-7-22-18(24)17-12-20-11-15(23-17)10-14-5-8-25(13-14)19(26)16-4-2-3-6-21-16/h2-4,6-7,9,11-12,14H,5,8,10,13H2,1H3/t14-/m1/s1. The smallest absolute Gasteiger partial charge is 0.272 e. The van der Waals surface area contributed by atoms with E-state index in [2.05, 4.69) is 15.0 Å². The molecule has 0 aromatic carbocycles. The molecule has 0 aliphatic carbocycles. The first-order chi connectivity index (χ1) is 12.7. The van der Waals surface area contributed by atoms with E-state index < -0.39 is 0 Å². The number of imidazole rings is 1. The van der Waals surface area contributed by atoms with Gasteiger partial charge in [0.25, 0.3) is 5.91 Å². The van der Waals surface area contributed by atoms with Crippen LogP contribution in [-0.2, 0) is 13.5 Å². The first-order valence-electron chi connectivity index (χ1n) is 8.69. The summed E-state index contributed by atoms with van der Waals surface area (Å²) < 4.78 is 1.93. The van der Waals surface area contributed by atoms with Crippen molar-refractivity contribution in [2.45, 2.75) is 12.8 Å². The first kappa shape index (κ1) is 16.4. The molecule has 1 aliphatic rings. The van der Waals surface area contributed by atoms with Crippen LogP contribution in [0.2, 0.25) is 0 Å². The normalized spacial score (nSPS) is 16.8. The van der Waals surface area contributed by atoms with Crippen LogP contribution >= 0.6 is 0 Å². The Bertz CT molecular complexity index is 907. The van der Waals surface area contributed by atoms with E-state index in [9.17, 15) is 4.79 Å². The quantitative estimate of drug-likeness (QED) is 0.720. The summed E-state index contributed by atoms with van der Waals surface area (Å²) in [7, 11) is 1.94. The summed E-state index contributed by atoms with van der Waals surface area (Å²) in [5, 5.41) is 0. The molecule has 1 saturated heterocycles. The van der Waals surface area contributed by atoms with E-state index in [1.165, 1.54) is 0 Å². The van der Waals surface area contributed by atoms with Gasteiger partial charge in [0.2, 0.25) is 0 Å². The number of carbonyl (C=O) groups excluding carboxylic acids is 1. The Kier molecular flexibility index (Phi) is 4.43. The van der Waals surface area contributed by atoms with E-state index in [0.29, 0.717) is 11.6 Å². The third-order valence-electron chi connectivity index (χ3n) is 4.69. The molecular weight excluding hydrogens is 328 g/mol. The molecule has 132 valence electrons. The number of carbonyl (C=O) groups is 1. The molecule has 0 unspecified atom stereocenters. The molecule has 4 heterocycles. The summed E-state index contributed by atoms with van der Waals surface area (Å²) in [4.78, 5) is 31.9. The minimum atomic E-state index is 0.000875. The lowest BCUT2D eigenvalue weighted by Gasteiger charge is -2.16. The lowest BCUT2D eigenvalue weighted by molar-refractivity contribution is 0.0781. The van der Waals surface area contributed by atoms with Crippen molar-refractivity contribution in [1.82, 2.24) is 29.4 Å². The van der Waals surface area contributed by atoms with Gasteiger partial charge in [-0.3, -0.25) is 14.8 Å². The maximum atomic E-state index is 12.5. The molecule has 1 amide bonds. The number of aryl methyl sites for hydroxylation is 1.